The summed E-state index contributed by atoms with van der Waals surface area (Å²) in [6.07, 6.45) is 9.32. The third-order valence-electron chi connectivity index (χ3n) is 4.75. The van der Waals surface area contributed by atoms with Crippen LogP contribution in [0.1, 0.15) is 58.3 Å². The van der Waals surface area contributed by atoms with E-state index in [1.165, 1.54) is 32.1 Å². The van der Waals surface area contributed by atoms with Gasteiger partial charge in [0.15, 0.2) is 0 Å². The summed E-state index contributed by atoms with van der Waals surface area (Å²) >= 11 is 0. The molecule has 110 valence electrons. The quantitative estimate of drug-likeness (QED) is 0.834. The molecule has 0 aromatic carbocycles. The molecule has 0 aromatic heterocycles. The molecule has 2 N–H and O–H groups in total. The maximum Gasteiger partial charge on any atom is 0.410 e. The number of carbonyl (C=O) groups excluding carboxylic acids is 1. The molecule has 0 aromatic rings. The Hall–Kier alpha value is -0.770. The molecule has 0 spiro atoms. The van der Waals surface area contributed by atoms with Gasteiger partial charge in [-0.15, -0.1) is 0 Å². The molecule has 1 saturated carbocycles. The minimum absolute atomic E-state index is 0.0888. The average molecular weight is 268 g/mol. The summed E-state index contributed by atoms with van der Waals surface area (Å²) in [6, 6.07) is 0.336. The topological polar surface area (TPSA) is 55.6 Å². The van der Waals surface area contributed by atoms with Crippen molar-refractivity contribution in [3.05, 3.63) is 0 Å². The molecule has 19 heavy (non-hydrogen) atoms. The third kappa shape index (κ3) is 3.85. The number of nitrogens with two attached hydrogens (primary N) is 1. The Kier molecular flexibility index (Phi) is 5.49. The Bertz CT molecular complexity index is 290. The Balaban J connectivity index is 1.83. The summed E-state index contributed by atoms with van der Waals surface area (Å²) in [5.41, 5.74) is 5.50. The molecule has 0 bridgehead atoms. The molecule has 2 fully saturated rings. The molecule has 4 heteroatoms. The summed E-state index contributed by atoms with van der Waals surface area (Å²) in [6.45, 7) is 3.72. The summed E-state index contributed by atoms with van der Waals surface area (Å²) < 4.78 is 5.54. The van der Waals surface area contributed by atoms with E-state index in [-0.39, 0.29) is 12.2 Å². The van der Waals surface area contributed by atoms with Gasteiger partial charge in [0, 0.05) is 19.0 Å². The van der Waals surface area contributed by atoms with Gasteiger partial charge in [0.1, 0.15) is 6.10 Å². The van der Waals surface area contributed by atoms with Crippen molar-refractivity contribution in [1.29, 1.82) is 0 Å². The van der Waals surface area contributed by atoms with E-state index in [2.05, 4.69) is 6.92 Å². The lowest BCUT2D eigenvalue weighted by Gasteiger charge is -2.40. The summed E-state index contributed by atoms with van der Waals surface area (Å²) in [5, 5.41) is 0. The molecule has 1 aliphatic carbocycles. The van der Waals surface area contributed by atoms with Crippen LogP contribution in [0.4, 0.5) is 4.79 Å². The van der Waals surface area contributed by atoms with E-state index >= 15 is 0 Å². The summed E-state index contributed by atoms with van der Waals surface area (Å²) in [7, 11) is 0. The maximum absolute atomic E-state index is 12.1. The Morgan fingerprint density at radius 2 is 2.05 bits per heavy atom. The van der Waals surface area contributed by atoms with Crippen LogP contribution in [0, 0.1) is 5.92 Å². The van der Waals surface area contributed by atoms with Crippen molar-refractivity contribution in [1.82, 2.24) is 4.90 Å². The van der Waals surface area contributed by atoms with Crippen LogP contribution in [-0.2, 0) is 4.74 Å². The highest BCUT2D eigenvalue weighted by atomic mass is 16.6. The Labute approximate surface area is 116 Å². The zero-order valence-corrected chi connectivity index (χ0v) is 12.1. The van der Waals surface area contributed by atoms with Crippen LogP contribution in [0.3, 0.4) is 0 Å². The van der Waals surface area contributed by atoms with Crippen molar-refractivity contribution in [3.63, 3.8) is 0 Å². The number of cyclic esters (lactones) is 1. The molecule has 1 aliphatic heterocycles. The van der Waals surface area contributed by atoms with Crippen LogP contribution < -0.4 is 5.73 Å². The van der Waals surface area contributed by atoms with Gasteiger partial charge in [-0.05, 0) is 45.1 Å². The molecule has 1 saturated heterocycles. The van der Waals surface area contributed by atoms with E-state index in [0.717, 1.165) is 25.8 Å². The summed E-state index contributed by atoms with van der Waals surface area (Å²) in [5.74, 6) is 0.668. The zero-order valence-electron chi connectivity index (χ0n) is 12.1. The number of rotatable bonds is 5. The lowest BCUT2D eigenvalue weighted by atomic mass is 9.84. The van der Waals surface area contributed by atoms with E-state index < -0.39 is 0 Å². The standard InChI is InChI=1S/C15H28N2O2/c1-12(13-6-3-2-4-7-13)17-11-9-14(8-5-10-16)19-15(17)18/h12-14H,2-11,16H2,1H3. The Morgan fingerprint density at radius 3 is 2.68 bits per heavy atom. The average Bonchev–Trinajstić information content (AvgIpc) is 2.45. The second kappa shape index (κ2) is 7.13. The van der Waals surface area contributed by atoms with Crippen LogP contribution >= 0.6 is 0 Å². The number of nitrogens with zero attached hydrogens (tertiary/aromatic N) is 1. The van der Waals surface area contributed by atoms with E-state index in [1.54, 1.807) is 0 Å². The molecule has 2 aliphatic rings. The first-order valence-electron chi connectivity index (χ1n) is 7.89. The number of carbonyl (C=O) groups is 1. The van der Waals surface area contributed by atoms with Crippen molar-refractivity contribution in [2.75, 3.05) is 13.1 Å². The van der Waals surface area contributed by atoms with Crippen molar-refractivity contribution in [2.24, 2.45) is 11.7 Å². The fourth-order valence-corrected chi connectivity index (χ4v) is 3.43. The van der Waals surface area contributed by atoms with E-state index in [0.29, 0.717) is 18.5 Å². The molecule has 2 unspecified atom stereocenters. The first-order valence-corrected chi connectivity index (χ1v) is 7.89. The predicted octanol–water partition coefficient (Wildman–Crippen LogP) is 2.91. The van der Waals surface area contributed by atoms with Crippen molar-refractivity contribution in [3.8, 4) is 0 Å². The van der Waals surface area contributed by atoms with Crippen LogP contribution in [0.5, 0.6) is 0 Å². The van der Waals surface area contributed by atoms with Crippen LogP contribution in [-0.4, -0.2) is 36.2 Å². The van der Waals surface area contributed by atoms with E-state index in [9.17, 15) is 4.79 Å². The highest BCUT2D eigenvalue weighted by molar-refractivity contribution is 5.69. The highest BCUT2D eigenvalue weighted by Crippen LogP contribution is 2.30. The van der Waals surface area contributed by atoms with Gasteiger partial charge in [0.25, 0.3) is 0 Å². The molecular weight excluding hydrogens is 240 g/mol. The maximum atomic E-state index is 12.1. The lowest BCUT2D eigenvalue weighted by Crippen LogP contribution is -2.49. The number of hydrogen-bond acceptors (Lipinski definition) is 3. The minimum atomic E-state index is -0.105. The van der Waals surface area contributed by atoms with Crippen molar-refractivity contribution < 1.29 is 9.53 Å². The number of ether oxygens (including phenoxy) is 1. The lowest BCUT2D eigenvalue weighted by molar-refractivity contribution is -0.00139. The monoisotopic (exact) mass is 268 g/mol. The number of hydrogen-bond donors (Lipinski definition) is 1. The predicted molar refractivity (Wildman–Crippen MR) is 75.9 cm³/mol. The smallest absolute Gasteiger partial charge is 0.410 e. The normalized spacial score (nSPS) is 27.2. The minimum Gasteiger partial charge on any atom is -0.446 e. The molecule has 1 heterocycles. The van der Waals surface area contributed by atoms with Gasteiger partial charge in [-0.3, -0.25) is 0 Å². The first kappa shape index (κ1) is 14.6. The van der Waals surface area contributed by atoms with Crippen LogP contribution in [0.25, 0.3) is 0 Å². The van der Waals surface area contributed by atoms with Gasteiger partial charge in [0.2, 0.25) is 0 Å². The highest BCUT2D eigenvalue weighted by Gasteiger charge is 2.33. The van der Waals surface area contributed by atoms with Gasteiger partial charge in [-0.25, -0.2) is 4.79 Å². The van der Waals surface area contributed by atoms with Crippen molar-refractivity contribution in [2.45, 2.75) is 70.4 Å². The fraction of sp³-hybridized carbons (Fsp3) is 0.933. The van der Waals surface area contributed by atoms with Gasteiger partial charge in [-0.2, -0.15) is 0 Å². The second-order valence-corrected chi connectivity index (χ2v) is 6.06. The first-order chi connectivity index (χ1) is 9.22. The second-order valence-electron chi connectivity index (χ2n) is 6.06. The van der Waals surface area contributed by atoms with Crippen LogP contribution in [0.15, 0.2) is 0 Å². The largest absolute Gasteiger partial charge is 0.446 e. The van der Waals surface area contributed by atoms with Gasteiger partial charge < -0.3 is 15.4 Å². The number of amides is 1. The molecule has 2 atom stereocenters. The van der Waals surface area contributed by atoms with E-state index in [4.69, 9.17) is 10.5 Å². The van der Waals surface area contributed by atoms with Gasteiger partial charge in [0.05, 0.1) is 0 Å². The van der Waals surface area contributed by atoms with Crippen molar-refractivity contribution >= 4 is 6.09 Å². The fourth-order valence-electron chi connectivity index (χ4n) is 3.43. The van der Waals surface area contributed by atoms with Gasteiger partial charge >= 0.3 is 6.09 Å². The molecule has 4 nitrogen and oxygen atoms in total. The van der Waals surface area contributed by atoms with Crippen LogP contribution in [0.2, 0.25) is 0 Å². The zero-order chi connectivity index (χ0) is 13.7. The summed E-state index contributed by atoms with van der Waals surface area (Å²) in [4.78, 5) is 14.1. The van der Waals surface area contributed by atoms with E-state index in [1.807, 2.05) is 4.90 Å². The molecular formula is C15H28N2O2. The molecule has 2 rings (SSSR count). The molecule has 0 radical (unpaired) electrons. The Morgan fingerprint density at radius 1 is 1.32 bits per heavy atom. The third-order valence-corrected chi connectivity index (χ3v) is 4.75. The molecule has 1 amide bonds. The SMILES string of the molecule is CC(C1CCCCC1)N1CCC(CCCN)OC1=O. The van der Waals surface area contributed by atoms with Gasteiger partial charge in [-0.1, -0.05) is 19.3 Å².